The molecule has 0 radical (unpaired) electrons. The van der Waals surface area contributed by atoms with Crippen LogP contribution in [0.25, 0.3) is 0 Å². The molecule has 1 heterocycles. The van der Waals surface area contributed by atoms with Gasteiger partial charge in [0.15, 0.2) is 6.61 Å². The molecule has 0 spiro atoms. The Hall–Kier alpha value is -2.60. The summed E-state index contributed by atoms with van der Waals surface area (Å²) in [4.78, 5) is 24.6. The van der Waals surface area contributed by atoms with E-state index < -0.39 is 5.97 Å². The van der Waals surface area contributed by atoms with Crippen molar-refractivity contribution in [3.05, 3.63) is 52.8 Å². The van der Waals surface area contributed by atoms with E-state index in [4.69, 9.17) is 14.2 Å². The number of rotatable bonds is 10. The van der Waals surface area contributed by atoms with Gasteiger partial charge in [-0.3, -0.25) is 9.59 Å². The molecule has 2 rings (SSSR count). The Balaban J connectivity index is 1.93. The second-order valence-electron chi connectivity index (χ2n) is 7.00. The van der Waals surface area contributed by atoms with Gasteiger partial charge in [-0.25, -0.2) is 0 Å². The van der Waals surface area contributed by atoms with Crippen molar-refractivity contribution >= 4 is 11.8 Å². The Labute approximate surface area is 166 Å². The molecule has 0 atom stereocenters. The van der Waals surface area contributed by atoms with Gasteiger partial charge in [0.25, 0.3) is 0 Å². The van der Waals surface area contributed by atoms with Gasteiger partial charge in [-0.2, -0.15) is 0 Å². The first-order chi connectivity index (χ1) is 13.3. The summed E-state index contributed by atoms with van der Waals surface area (Å²) in [5.41, 5.74) is 3.20. The molecule has 0 aliphatic carbocycles. The summed E-state index contributed by atoms with van der Waals surface area (Å²) in [6, 6.07) is 9.15. The molecule has 28 heavy (non-hydrogen) atoms. The zero-order chi connectivity index (χ0) is 20.7. The Morgan fingerprint density at radius 2 is 1.89 bits per heavy atom. The van der Waals surface area contributed by atoms with Crippen LogP contribution in [0.3, 0.4) is 0 Å². The predicted molar refractivity (Wildman–Crippen MR) is 107 cm³/mol. The highest BCUT2D eigenvalue weighted by atomic mass is 16.5. The molecule has 1 aromatic carbocycles. The molecule has 0 N–H and O–H groups in total. The quantitative estimate of drug-likeness (QED) is 0.461. The number of hydrogen-bond donors (Lipinski definition) is 0. The molecule has 0 aliphatic rings. The lowest BCUT2D eigenvalue weighted by Crippen LogP contribution is -2.16. The second kappa shape index (κ2) is 10.1. The van der Waals surface area contributed by atoms with E-state index in [0.29, 0.717) is 24.5 Å². The summed E-state index contributed by atoms with van der Waals surface area (Å²) in [7, 11) is 1.64. The SMILES string of the molecule is COCCn1c(C)cc(C(=O)COC(=O)Cc2cccc(OC(C)C)c2)c1C. The molecular weight excluding hydrogens is 358 g/mol. The van der Waals surface area contributed by atoms with Crippen LogP contribution in [0.2, 0.25) is 0 Å². The number of esters is 1. The first-order valence-electron chi connectivity index (χ1n) is 9.42. The van der Waals surface area contributed by atoms with Crippen molar-refractivity contribution in [3.8, 4) is 5.75 Å². The highest BCUT2D eigenvalue weighted by Gasteiger charge is 2.17. The molecule has 0 bridgehead atoms. The van der Waals surface area contributed by atoms with Gasteiger partial charge < -0.3 is 18.8 Å². The lowest BCUT2D eigenvalue weighted by molar-refractivity contribution is -0.141. The highest BCUT2D eigenvalue weighted by molar-refractivity contribution is 5.99. The Morgan fingerprint density at radius 3 is 2.57 bits per heavy atom. The van der Waals surface area contributed by atoms with Crippen LogP contribution in [0.15, 0.2) is 30.3 Å². The molecule has 0 saturated carbocycles. The fourth-order valence-electron chi connectivity index (χ4n) is 3.05. The third-order valence-electron chi connectivity index (χ3n) is 4.38. The van der Waals surface area contributed by atoms with Gasteiger partial charge in [0.05, 0.1) is 19.1 Å². The van der Waals surface area contributed by atoms with Gasteiger partial charge in [0.1, 0.15) is 5.75 Å². The van der Waals surface area contributed by atoms with Crippen molar-refractivity contribution in [2.75, 3.05) is 20.3 Å². The predicted octanol–water partition coefficient (Wildman–Crippen LogP) is 3.51. The molecule has 6 heteroatoms. The van der Waals surface area contributed by atoms with Crippen LogP contribution in [0.4, 0.5) is 0 Å². The largest absolute Gasteiger partial charge is 0.491 e. The number of methoxy groups -OCH3 is 1. The lowest BCUT2D eigenvalue weighted by Gasteiger charge is -2.11. The number of ketones is 1. The molecule has 0 saturated heterocycles. The number of carbonyl (C=O) groups is 2. The van der Waals surface area contributed by atoms with E-state index in [0.717, 1.165) is 17.0 Å². The molecule has 2 aromatic rings. The van der Waals surface area contributed by atoms with Crippen LogP contribution in [0.1, 0.15) is 41.2 Å². The number of Topliss-reactive ketones (excluding diaryl/α,β-unsaturated/α-hetero) is 1. The van der Waals surface area contributed by atoms with Gasteiger partial charge in [0.2, 0.25) is 5.78 Å². The summed E-state index contributed by atoms with van der Waals surface area (Å²) in [5, 5.41) is 0. The van der Waals surface area contributed by atoms with E-state index in [1.807, 2.05) is 62.6 Å². The van der Waals surface area contributed by atoms with Crippen molar-refractivity contribution in [3.63, 3.8) is 0 Å². The zero-order valence-electron chi connectivity index (χ0n) is 17.3. The van der Waals surface area contributed by atoms with Crippen LogP contribution in [-0.2, 0) is 27.2 Å². The number of benzene rings is 1. The number of hydrogen-bond acceptors (Lipinski definition) is 5. The summed E-state index contributed by atoms with van der Waals surface area (Å²) in [6.45, 7) is 8.69. The third-order valence-corrected chi connectivity index (χ3v) is 4.38. The van der Waals surface area contributed by atoms with E-state index in [-0.39, 0.29) is 24.9 Å². The van der Waals surface area contributed by atoms with E-state index in [2.05, 4.69) is 0 Å². The van der Waals surface area contributed by atoms with Gasteiger partial charge >= 0.3 is 5.97 Å². The normalized spacial score (nSPS) is 10.9. The van der Waals surface area contributed by atoms with Gasteiger partial charge in [-0.1, -0.05) is 12.1 Å². The first kappa shape index (κ1) is 21.7. The molecule has 152 valence electrons. The van der Waals surface area contributed by atoms with E-state index in [1.165, 1.54) is 0 Å². The van der Waals surface area contributed by atoms with E-state index in [1.54, 1.807) is 7.11 Å². The van der Waals surface area contributed by atoms with Crippen molar-refractivity contribution in [2.45, 2.75) is 46.8 Å². The van der Waals surface area contributed by atoms with Gasteiger partial charge in [-0.15, -0.1) is 0 Å². The maximum absolute atomic E-state index is 12.5. The van der Waals surface area contributed by atoms with Crippen molar-refractivity contribution in [1.82, 2.24) is 4.57 Å². The minimum absolute atomic E-state index is 0.0581. The van der Waals surface area contributed by atoms with Crippen LogP contribution in [0.5, 0.6) is 5.75 Å². The third kappa shape index (κ3) is 5.96. The summed E-state index contributed by atoms with van der Waals surface area (Å²) >= 11 is 0. The average Bonchev–Trinajstić information content (AvgIpc) is 2.91. The molecular formula is C22H29NO5. The topological polar surface area (TPSA) is 66.8 Å². The summed E-state index contributed by atoms with van der Waals surface area (Å²) < 4.78 is 18.0. The minimum Gasteiger partial charge on any atom is -0.491 e. The minimum atomic E-state index is -0.441. The van der Waals surface area contributed by atoms with Crippen molar-refractivity contribution < 1.29 is 23.8 Å². The lowest BCUT2D eigenvalue weighted by atomic mass is 10.1. The smallest absolute Gasteiger partial charge is 0.310 e. The standard InChI is InChI=1S/C22H29NO5/c1-15(2)28-19-8-6-7-18(12-19)13-22(25)27-14-21(24)20-11-16(3)23(17(20)4)9-10-26-5/h6-8,11-12,15H,9-10,13-14H2,1-5H3. The van der Waals surface area contributed by atoms with Crippen LogP contribution < -0.4 is 4.74 Å². The molecule has 0 amide bonds. The first-order valence-corrected chi connectivity index (χ1v) is 9.42. The monoisotopic (exact) mass is 387 g/mol. The fraction of sp³-hybridized carbons (Fsp3) is 0.455. The van der Waals surface area contributed by atoms with Crippen LogP contribution in [-0.4, -0.2) is 42.7 Å². The van der Waals surface area contributed by atoms with Gasteiger partial charge in [0, 0.05) is 30.6 Å². The molecule has 6 nitrogen and oxygen atoms in total. The number of nitrogens with zero attached hydrogens (tertiary/aromatic N) is 1. The highest BCUT2D eigenvalue weighted by Crippen LogP contribution is 2.17. The molecule has 0 aliphatic heterocycles. The van der Waals surface area contributed by atoms with Crippen LogP contribution >= 0.6 is 0 Å². The Bertz CT molecular complexity index is 822. The Morgan fingerprint density at radius 1 is 1.14 bits per heavy atom. The zero-order valence-corrected chi connectivity index (χ0v) is 17.3. The second-order valence-corrected chi connectivity index (χ2v) is 7.00. The molecule has 0 unspecified atom stereocenters. The van der Waals surface area contributed by atoms with E-state index in [9.17, 15) is 9.59 Å². The van der Waals surface area contributed by atoms with Crippen LogP contribution in [0, 0.1) is 13.8 Å². The molecule has 1 aromatic heterocycles. The maximum atomic E-state index is 12.5. The number of ether oxygens (including phenoxy) is 3. The summed E-state index contributed by atoms with van der Waals surface area (Å²) in [6.07, 6.45) is 0.151. The number of carbonyl (C=O) groups excluding carboxylic acids is 2. The van der Waals surface area contributed by atoms with Gasteiger partial charge in [-0.05, 0) is 51.5 Å². The van der Waals surface area contributed by atoms with Crippen molar-refractivity contribution in [1.29, 1.82) is 0 Å². The Kier molecular flexibility index (Phi) is 7.81. The fourth-order valence-corrected chi connectivity index (χ4v) is 3.05. The molecule has 0 fully saturated rings. The number of aromatic nitrogens is 1. The number of aryl methyl sites for hydroxylation is 1. The maximum Gasteiger partial charge on any atom is 0.310 e. The van der Waals surface area contributed by atoms with Crippen molar-refractivity contribution in [2.24, 2.45) is 0 Å². The summed E-state index contributed by atoms with van der Waals surface area (Å²) in [5.74, 6) is 0.0603. The average molecular weight is 387 g/mol. The van der Waals surface area contributed by atoms with E-state index >= 15 is 0 Å².